The number of thioether (sulfide) groups is 1. The summed E-state index contributed by atoms with van der Waals surface area (Å²) < 4.78 is 25.4. The summed E-state index contributed by atoms with van der Waals surface area (Å²) in [6, 6.07) is 11.9. The Morgan fingerprint density at radius 1 is 1.27 bits per heavy atom. The van der Waals surface area contributed by atoms with Gasteiger partial charge in [-0.05, 0) is 38.8 Å². The number of imidazole rings is 1. The molecule has 1 N–H and O–H groups in total. The van der Waals surface area contributed by atoms with Gasteiger partial charge in [0.25, 0.3) is 0 Å². The summed E-state index contributed by atoms with van der Waals surface area (Å²) in [6.45, 7) is 5.74. The minimum Gasteiger partial charge on any atom is -0.349 e. The largest absolute Gasteiger partial charge is 0.349 e. The van der Waals surface area contributed by atoms with Gasteiger partial charge in [0, 0.05) is 5.56 Å². The summed E-state index contributed by atoms with van der Waals surface area (Å²) in [6.07, 6.45) is 0.441. The summed E-state index contributed by atoms with van der Waals surface area (Å²) in [4.78, 5) is 17.3. The molecule has 158 valence electrons. The molecule has 4 rings (SSSR count). The molecule has 1 saturated heterocycles. The van der Waals surface area contributed by atoms with Gasteiger partial charge < -0.3 is 5.32 Å². The molecule has 30 heavy (non-hydrogen) atoms. The quantitative estimate of drug-likeness (QED) is 0.608. The molecule has 0 radical (unpaired) electrons. The van der Waals surface area contributed by atoms with Crippen LogP contribution in [0.1, 0.15) is 24.6 Å². The van der Waals surface area contributed by atoms with E-state index in [9.17, 15) is 13.2 Å². The van der Waals surface area contributed by atoms with Crippen LogP contribution in [0.25, 0.3) is 16.8 Å². The second-order valence-corrected chi connectivity index (χ2v) is 11.2. The smallest absolute Gasteiger partial charge is 0.230 e. The van der Waals surface area contributed by atoms with Crippen molar-refractivity contribution in [3.8, 4) is 11.3 Å². The zero-order valence-corrected chi connectivity index (χ0v) is 18.8. The molecule has 0 spiro atoms. The molecule has 1 aliphatic heterocycles. The molecule has 1 fully saturated rings. The number of carbonyl (C=O) groups excluding carboxylic acids is 1. The van der Waals surface area contributed by atoms with Crippen molar-refractivity contribution in [2.45, 2.75) is 37.9 Å². The Bertz CT molecular complexity index is 1220. The first kappa shape index (κ1) is 20.9. The predicted molar refractivity (Wildman–Crippen MR) is 118 cm³/mol. The van der Waals surface area contributed by atoms with Gasteiger partial charge in [0.15, 0.2) is 15.0 Å². The topological polar surface area (TPSA) is 93.4 Å². The highest BCUT2D eigenvalue weighted by atomic mass is 32.2. The lowest BCUT2D eigenvalue weighted by Gasteiger charge is -2.23. The van der Waals surface area contributed by atoms with Crippen molar-refractivity contribution in [2.24, 2.45) is 0 Å². The van der Waals surface area contributed by atoms with Crippen molar-refractivity contribution < 1.29 is 13.2 Å². The zero-order valence-electron chi connectivity index (χ0n) is 17.2. The molecular weight excluding hydrogens is 420 g/mol. The fourth-order valence-electron chi connectivity index (χ4n) is 3.91. The number of carbonyl (C=O) groups is 1. The first-order chi connectivity index (χ1) is 14.2. The summed E-state index contributed by atoms with van der Waals surface area (Å²) >= 11 is 1.30. The number of nitrogens with zero attached hydrogens (tertiary/aromatic N) is 3. The van der Waals surface area contributed by atoms with Gasteiger partial charge in [0.1, 0.15) is 0 Å². The van der Waals surface area contributed by atoms with Crippen molar-refractivity contribution in [3.63, 3.8) is 0 Å². The van der Waals surface area contributed by atoms with Gasteiger partial charge in [-0.2, -0.15) is 5.10 Å². The summed E-state index contributed by atoms with van der Waals surface area (Å²) in [7, 11) is -3.08. The average Bonchev–Trinajstić information content (AvgIpc) is 3.17. The Balaban J connectivity index is 1.59. The monoisotopic (exact) mass is 444 g/mol. The van der Waals surface area contributed by atoms with Crippen LogP contribution in [-0.2, 0) is 14.6 Å². The Morgan fingerprint density at radius 3 is 2.67 bits per heavy atom. The number of nitrogens with one attached hydrogen (secondary N) is 1. The molecule has 3 heterocycles. The third-order valence-electron chi connectivity index (χ3n) is 5.21. The van der Waals surface area contributed by atoms with E-state index in [1.54, 1.807) is 11.4 Å². The Hall–Kier alpha value is -2.39. The number of benzene rings is 1. The van der Waals surface area contributed by atoms with Crippen molar-refractivity contribution >= 4 is 33.0 Å². The van der Waals surface area contributed by atoms with Crippen LogP contribution in [0.15, 0.2) is 41.6 Å². The second-order valence-electron chi connectivity index (χ2n) is 8.08. The number of aromatic nitrogens is 3. The van der Waals surface area contributed by atoms with Crippen LogP contribution >= 0.6 is 11.8 Å². The molecular formula is C21H24N4O3S2. The van der Waals surface area contributed by atoms with Crippen LogP contribution in [0.3, 0.4) is 0 Å². The van der Waals surface area contributed by atoms with Crippen LogP contribution in [0.4, 0.5) is 0 Å². The SMILES string of the molecule is Cc1cc(C)c2c(-c3ccccc3)nc(SCC(=O)N[C@@]3(C)CCS(=O)(=O)C3)n2n1. The molecule has 1 atom stereocenters. The fourth-order valence-corrected chi connectivity index (χ4v) is 6.75. The summed E-state index contributed by atoms with van der Waals surface area (Å²) in [5, 5.41) is 8.15. The summed E-state index contributed by atoms with van der Waals surface area (Å²) in [5.41, 5.74) is 3.97. The highest BCUT2D eigenvalue weighted by Crippen LogP contribution is 2.31. The predicted octanol–water partition coefficient (Wildman–Crippen LogP) is 2.80. The third kappa shape index (κ3) is 4.22. The number of aryl methyl sites for hydroxylation is 2. The number of sulfone groups is 1. The first-order valence-electron chi connectivity index (χ1n) is 9.72. The molecule has 3 aromatic rings. The lowest BCUT2D eigenvalue weighted by atomic mass is 10.0. The number of amides is 1. The van der Waals surface area contributed by atoms with Crippen molar-refractivity contribution in [2.75, 3.05) is 17.3 Å². The molecule has 1 aliphatic rings. The molecule has 1 aromatic carbocycles. The highest BCUT2D eigenvalue weighted by molar-refractivity contribution is 7.99. The molecule has 0 saturated carbocycles. The maximum absolute atomic E-state index is 12.6. The van der Waals surface area contributed by atoms with Gasteiger partial charge in [0.05, 0.1) is 39.7 Å². The first-order valence-corrected chi connectivity index (χ1v) is 12.5. The van der Waals surface area contributed by atoms with Crippen LogP contribution < -0.4 is 5.32 Å². The minimum atomic E-state index is -3.08. The molecule has 9 heteroatoms. The van der Waals surface area contributed by atoms with Gasteiger partial charge >= 0.3 is 0 Å². The van der Waals surface area contributed by atoms with E-state index < -0.39 is 15.4 Å². The van der Waals surface area contributed by atoms with E-state index in [-0.39, 0.29) is 23.2 Å². The van der Waals surface area contributed by atoms with Crippen molar-refractivity contribution in [3.05, 3.63) is 47.7 Å². The van der Waals surface area contributed by atoms with E-state index in [1.807, 2.05) is 50.2 Å². The van der Waals surface area contributed by atoms with Crippen LogP contribution in [0.5, 0.6) is 0 Å². The molecule has 2 aromatic heterocycles. The summed E-state index contributed by atoms with van der Waals surface area (Å²) in [5.74, 6) is 0.0328. The van der Waals surface area contributed by atoms with Gasteiger partial charge in [0.2, 0.25) is 5.91 Å². The van der Waals surface area contributed by atoms with E-state index in [2.05, 4.69) is 10.4 Å². The maximum Gasteiger partial charge on any atom is 0.230 e. The van der Waals surface area contributed by atoms with E-state index in [4.69, 9.17) is 4.98 Å². The van der Waals surface area contributed by atoms with Crippen LogP contribution in [0.2, 0.25) is 0 Å². The number of hydrogen-bond donors (Lipinski definition) is 1. The fraction of sp³-hybridized carbons (Fsp3) is 0.381. The number of fused-ring (bicyclic) bond motifs is 1. The maximum atomic E-state index is 12.6. The van der Waals surface area contributed by atoms with Gasteiger partial charge in [-0.15, -0.1) is 0 Å². The average molecular weight is 445 g/mol. The van der Waals surface area contributed by atoms with Crippen LogP contribution in [-0.4, -0.2) is 51.7 Å². The standard InChI is InChI=1S/C21H24N4O3S2/c1-14-11-15(2)24-25-19(14)18(16-7-5-4-6-8-16)22-20(25)29-12-17(26)23-21(3)9-10-30(27,28)13-21/h4-8,11H,9-10,12-13H2,1-3H3,(H,23,26)/t21-/m0/s1. The molecule has 0 aliphatic carbocycles. The molecule has 1 amide bonds. The lowest BCUT2D eigenvalue weighted by Crippen LogP contribution is -2.47. The van der Waals surface area contributed by atoms with E-state index >= 15 is 0 Å². The lowest BCUT2D eigenvalue weighted by molar-refractivity contribution is -0.120. The Labute approximate surface area is 180 Å². The van der Waals surface area contributed by atoms with E-state index in [1.165, 1.54) is 11.8 Å². The molecule has 0 bridgehead atoms. The Kier molecular flexibility index (Phi) is 5.36. The third-order valence-corrected chi connectivity index (χ3v) is 8.04. The van der Waals surface area contributed by atoms with Gasteiger partial charge in [-0.25, -0.2) is 17.9 Å². The number of hydrogen-bond acceptors (Lipinski definition) is 6. The zero-order chi connectivity index (χ0) is 21.5. The van der Waals surface area contributed by atoms with Crippen LogP contribution in [0, 0.1) is 13.8 Å². The molecule has 0 unspecified atom stereocenters. The second kappa shape index (κ2) is 7.70. The minimum absolute atomic E-state index is 0.0131. The van der Waals surface area contributed by atoms with Gasteiger partial charge in [-0.3, -0.25) is 4.79 Å². The van der Waals surface area contributed by atoms with Crippen molar-refractivity contribution in [1.29, 1.82) is 0 Å². The normalized spacial score (nSPS) is 20.5. The highest BCUT2D eigenvalue weighted by Gasteiger charge is 2.39. The van der Waals surface area contributed by atoms with E-state index in [0.717, 1.165) is 28.0 Å². The molecule has 7 nitrogen and oxygen atoms in total. The Morgan fingerprint density at radius 2 is 2.00 bits per heavy atom. The number of rotatable bonds is 5. The van der Waals surface area contributed by atoms with Gasteiger partial charge in [-0.1, -0.05) is 42.1 Å². The van der Waals surface area contributed by atoms with E-state index in [0.29, 0.717) is 11.6 Å². The van der Waals surface area contributed by atoms with Crippen molar-refractivity contribution in [1.82, 2.24) is 19.9 Å².